The summed E-state index contributed by atoms with van der Waals surface area (Å²) in [7, 11) is 0. The van der Waals surface area contributed by atoms with Crippen LogP contribution < -0.4 is 5.32 Å². The van der Waals surface area contributed by atoms with Gasteiger partial charge in [0.25, 0.3) is 5.91 Å². The van der Waals surface area contributed by atoms with Gasteiger partial charge in [0.1, 0.15) is 5.76 Å². The Morgan fingerprint density at radius 2 is 2.05 bits per heavy atom. The highest BCUT2D eigenvalue weighted by Crippen LogP contribution is 2.22. The molecule has 2 rings (SSSR count). The third-order valence-corrected chi connectivity index (χ3v) is 3.30. The molecule has 0 saturated heterocycles. The summed E-state index contributed by atoms with van der Waals surface area (Å²) in [4.78, 5) is 12.2. The molecule has 8 heteroatoms. The molecule has 2 aromatic rings. The van der Waals surface area contributed by atoms with Crippen LogP contribution in [0.2, 0.25) is 10.3 Å². The van der Waals surface area contributed by atoms with Crippen molar-refractivity contribution in [2.75, 3.05) is 0 Å². The van der Waals surface area contributed by atoms with E-state index in [4.69, 9.17) is 27.7 Å². The number of hydrogen-bond donors (Lipinski definition) is 1. The van der Waals surface area contributed by atoms with Gasteiger partial charge in [0.15, 0.2) is 10.3 Å². The molecule has 0 fully saturated rings. The second-order valence-corrected chi connectivity index (χ2v) is 5.05. The molecular formula is C12H12Cl2N4O2. The molecule has 0 aliphatic heterocycles. The van der Waals surface area contributed by atoms with Crippen LogP contribution in [0.15, 0.2) is 10.6 Å². The number of rotatable bonds is 3. The lowest BCUT2D eigenvalue weighted by Gasteiger charge is -2.14. The number of aromatic nitrogens is 3. The number of carbonyl (C=O) groups is 1. The van der Waals surface area contributed by atoms with E-state index in [2.05, 4.69) is 20.7 Å². The number of hydrogen-bond acceptors (Lipinski definition) is 5. The monoisotopic (exact) mass is 314 g/mol. The van der Waals surface area contributed by atoms with Crippen molar-refractivity contribution in [3.63, 3.8) is 0 Å². The fraction of sp³-hybridized carbons (Fsp3) is 0.333. The lowest BCUT2D eigenvalue weighted by molar-refractivity contribution is 0.0939. The van der Waals surface area contributed by atoms with Gasteiger partial charge < -0.3 is 9.84 Å². The third-order valence-electron chi connectivity index (χ3n) is 2.83. The summed E-state index contributed by atoms with van der Waals surface area (Å²) in [5.41, 5.74) is 1.74. The summed E-state index contributed by atoms with van der Waals surface area (Å²) in [5, 5.41) is 13.9. The van der Waals surface area contributed by atoms with Crippen LogP contribution in [0.25, 0.3) is 0 Å². The van der Waals surface area contributed by atoms with Crippen molar-refractivity contribution in [1.29, 1.82) is 0 Å². The predicted octanol–water partition coefficient (Wildman–Crippen LogP) is 2.88. The molecule has 6 nitrogen and oxygen atoms in total. The van der Waals surface area contributed by atoms with E-state index in [1.807, 2.05) is 13.8 Å². The number of nitrogens with zero attached hydrogens (tertiary/aromatic N) is 3. The van der Waals surface area contributed by atoms with E-state index in [1.165, 1.54) is 6.07 Å². The van der Waals surface area contributed by atoms with E-state index in [-0.39, 0.29) is 27.8 Å². The van der Waals surface area contributed by atoms with Gasteiger partial charge in [-0.15, -0.1) is 10.2 Å². The maximum atomic E-state index is 12.2. The summed E-state index contributed by atoms with van der Waals surface area (Å²) >= 11 is 11.5. The van der Waals surface area contributed by atoms with Gasteiger partial charge in [-0.1, -0.05) is 28.4 Å². The van der Waals surface area contributed by atoms with Gasteiger partial charge in [-0.25, -0.2) is 0 Å². The fourth-order valence-electron chi connectivity index (χ4n) is 1.97. The maximum Gasteiger partial charge on any atom is 0.255 e. The van der Waals surface area contributed by atoms with Crippen molar-refractivity contribution in [1.82, 2.24) is 20.7 Å². The van der Waals surface area contributed by atoms with Crippen LogP contribution in [0.3, 0.4) is 0 Å². The summed E-state index contributed by atoms with van der Waals surface area (Å²) in [6.07, 6.45) is 0. The normalized spacial score (nSPS) is 12.2. The highest BCUT2D eigenvalue weighted by molar-refractivity contribution is 6.34. The minimum absolute atomic E-state index is 0.00198. The molecule has 106 valence electrons. The average Bonchev–Trinajstić information content (AvgIpc) is 2.71. The number of halogens is 2. The van der Waals surface area contributed by atoms with Gasteiger partial charge in [0.05, 0.1) is 17.3 Å². The van der Waals surface area contributed by atoms with E-state index in [1.54, 1.807) is 6.92 Å². The SMILES string of the molecule is Cc1noc(C)c1C(C)NC(=O)c1cc(Cl)nnc1Cl. The first-order valence-corrected chi connectivity index (χ1v) is 6.58. The lowest BCUT2D eigenvalue weighted by Crippen LogP contribution is -2.27. The van der Waals surface area contributed by atoms with Crippen molar-refractivity contribution < 1.29 is 9.32 Å². The second-order valence-electron chi connectivity index (χ2n) is 4.30. The van der Waals surface area contributed by atoms with E-state index >= 15 is 0 Å². The topological polar surface area (TPSA) is 80.9 Å². The number of nitrogens with one attached hydrogen (secondary N) is 1. The van der Waals surface area contributed by atoms with Crippen LogP contribution >= 0.6 is 23.2 Å². The molecule has 2 aromatic heterocycles. The summed E-state index contributed by atoms with van der Waals surface area (Å²) in [5.74, 6) is 0.270. The molecule has 1 atom stereocenters. The smallest absolute Gasteiger partial charge is 0.255 e. The van der Waals surface area contributed by atoms with E-state index in [0.29, 0.717) is 5.76 Å². The van der Waals surface area contributed by atoms with Crippen LogP contribution in [0.5, 0.6) is 0 Å². The summed E-state index contributed by atoms with van der Waals surface area (Å²) in [6, 6.07) is 1.09. The number of aryl methyl sites for hydroxylation is 2. The first-order chi connectivity index (χ1) is 9.40. The van der Waals surface area contributed by atoms with E-state index in [0.717, 1.165) is 11.3 Å². The van der Waals surface area contributed by atoms with Crippen LogP contribution in [0.4, 0.5) is 0 Å². The van der Waals surface area contributed by atoms with Gasteiger partial charge in [0, 0.05) is 5.56 Å². The summed E-state index contributed by atoms with van der Waals surface area (Å²) in [6.45, 7) is 5.43. The van der Waals surface area contributed by atoms with Crippen molar-refractivity contribution in [2.45, 2.75) is 26.8 Å². The predicted molar refractivity (Wildman–Crippen MR) is 73.9 cm³/mol. The molecule has 0 spiro atoms. The third kappa shape index (κ3) is 2.91. The Hall–Kier alpha value is -1.66. The van der Waals surface area contributed by atoms with Crippen LogP contribution in [-0.2, 0) is 0 Å². The number of carbonyl (C=O) groups excluding carboxylic acids is 1. The standard InChI is InChI=1S/C12H12Cl2N4O2/c1-5(10-6(2)18-20-7(10)3)15-12(19)8-4-9(13)16-17-11(8)14/h4-5H,1-3H3,(H,15,19). The largest absolute Gasteiger partial charge is 0.361 e. The molecule has 0 aromatic carbocycles. The molecule has 1 amide bonds. The first-order valence-electron chi connectivity index (χ1n) is 5.82. The zero-order chi connectivity index (χ0) is 14.9. The molecule has 0 bridgehead atoms. The average molecular weight is 315 g/mol. The minimum atomic E-state index is -0.390. The molecule has 0 aliphatic rings. The number of amides is 1. The Morgan fingerprint density at radius 3 is 2.65 bits per heavy atom. The lowest BCUT2D eigenvalue weighted by atomic mass is 10.1. The van der Waals surface area contributed by atoms with Crippen LogP contribution in [-0.4, -0.2) is 21.3 Å². The van der Waals surface area contributed by atoms with Crippen LogP contribution in [0, 0.1) is 13.8 Å². The van der Waals surface area contributed by atoms with Gasteiger partial charge in [-0.2, -0.15) is 0 Å². The highest BCUT2D eigenvalue weighted by Gasteiger charge is 2.20. The van der Waals surface area contributed by atoms with Gasteiger partial charge in [-0.3, -0.25) is 4.79 Å². The maximum absolute atomic E-state index is 12.2. The van der Waals surface area contributed by atoms with Gasteiger partial charge in [0.2, 0.25) is 0 Å². The molecule has 1 unspecified atom stereocenters. The summed E-state index contributed by atoms with van der Waals surface area (Å²) < 4.78 is 5.08. The van der Waals surface area contributed by atoms with E-state index in [9.17, 15) is 4.79 Å². The zero-order valence-electron chi connectivity index (χ0n) is 11.1. The van der Waals surface area contributed by atoms with Gasteiger partial charge >= 0.3 is 0 Å². The molecular weight excluding hydrogens is 303 g/mol. The molecule has 0 saturated carbocycles. The van der Waals surface area contributed by atoms with Crippen molar-refractivity contribution in [3.05, 3.63) is 39.0 Å². The minimum Gasteiger partial charge on any atom is -0.361 e. The molecule has 2 heterocycles. The Kier molecular flexibility index (Phi) is 4.25. The quantitative estimate of drug-likeness (QED) is 0.942. The van der Waals surface area contributed by atoms with Crippen molar-refractivity contribution in [3.8, 4) is 0 Å². The van der Waals surface area contributed by atoms with Crippen LogP contribution in [0.1, 0.15) is 40.3 Å². The Labute approximate surface area is 125 Å². The molecule has 1 N–H and O–H groups in total. The van der Waals surface area contributed by atoms with Crippen molar-refractivity contribution in [2.24, 2.45) is 0 Å². The fourth-order valence-corrected chi connectivity index (χ4v) is 2.29. The molecule has 0 aliphatic carbocycles. The first kappa shape index (κ1) is 14.7. The second kappa shape index (κ2) is 5.76. The highest BCUT2D eigenvalue weighted by atomic mass is 35.5. The van der Waals surface area contributed by atoms with E-state index < -0.39 is 0 Å². The van der Waals surface area contributed by atoms with Gasteiger partial charge in [-0.05, 0) is 26.8 Å². The Balaban J connectivity index is 2.22. The zero-order valence-corrected chi connectivity index (χ0v) is 12.6. The molecule has 0 radical (unpaired) electrons. The molecule has 20 heavy (non-hydrogen) atoms. The Morgan fingerprint density at radius 1 is 1.35 bits per heavy atom. The van der Waals surface area contributed by atoms with Crippen molar-refractivity contribution >= 4 is 29.1 Å². The Bertz CT molecular complexity index is 637.